The minimum Gasteiger partial charge on any atom is -0.371 e. The zero-order valence-corrected chi connectivity index (χ0v) is 7.88. The molecule has 0 amide bonds. The van der Waals surface area contributed by atoms with Crippen LogP contribution in [0.25, 0.3) is 0 Å². The number of hydrogen-bond donors (Lipinski definition) is 0. The second-order valence-electron chi connectivity index (χ2n) is 4.13. The minimum absolute atomic E-state index is 0.180. The fourth-order valence-electron chi connectivity index (χ4n) is 2.30. The summed E-state index contributed by atoms with van der Waals surface area (Å²) in [5.41, 5.74) is 0.180. The maximum Gasteiger partial charge on any atom is 0.0868 e. The van der Waals surface area contributed by atoms with Gasteiger partial charge in [-0.1, -0.05) is 25.5 Å². The van der Waals surface area contributed by atoms with Gasteiger partial charge in [0.15, 0.2) is 0 Å². The molecule has 2 aliphatic rings. The van der Waals surface area contributed by atoms with Crippen molar-refractivity contribution < 1.29 is 4.74 Å². The third-order valence-corrected chi connectivity index (χ3v) is 3.11. The Morgan fingerprint density at radius 2 is 2.50 bits per heavy atom. The van der Waals surface area contributed by atoms with E-state index in [1.165, 1.54) is 32.1 Å². The van der Waals surface area contributed by atoms with Gasteiger partial charge in [0.2, 0.25) is 0 Å². The number of hydrogen-bond acceptors (Lipinski definition) is 1. The fraction of sp³-hybridized carbons (Fsp3) is 0.818. The second-order valence-corrected chi connectivity index (χ2v) is 4.13. The van der Waals surface area contributed by atoms with Crippen molar-refractivity contribution >= 4 is 0 Å². The molecule has 0 aliphatic heterocycles. The first-order chi connectivity index (χ1) is 5.85. The van der Waals surface area contributed by atoms with E-state index in [0.29, 0.717) is 0 Å². The molecule has 0 N–H and O–H groups in total. The Kier molecular flexibility index (Phi) is 2.22. The van der Waals surface area contributed by atoms with E-state index >= 15 is 0 Å². The smallest absolute Gasteiger partial charge is 0.0868 e. The van der Waals surface area contributed by atoms with Crippen molar-refractivity contribution in [1.82, 2.24) is 0 Å². The van der Waals surface area contributed by atoms with Gasteiger partial charge in [0.1, 0.15) is 0 Å². The molecule has 0 aromatic heterocycles. The highest BCUT2D eigenvalue weighted by atomic mass is 16.5. The van der Waals surface area contributed by atoms with Crippen molar-refractivity contribution in [3.8, 4) is 0 Å². The normalized spacial score (nSPS) is 37.9. The van der Waals surface area contributed by atoms with Crippen molar-refractivity contribution in [3.05, 3.63) is 12.2 Å². The molecular formula is C11H18O. The van der Waals surface area contributed by atoms with Gasteiger partial charge in [-0.3, -0.25) is 0 Å². The monoisotopic (exact) mass is 166 g/mol. The van der Waals surface area contributed by atoms with Gasteiger partial charge in [0, 0.05) is 6.61 Å². The fourth-order valence-corrected chi connectivity index (χ4v) is 2.30. The van der Waals surface area contributed by atoms with E-state index in [1.807, 2.05) is 0 Å². The van der Waals surface area contributed by atoms with E-state index in [0.717, 1.165) is 12.5 Å². The number of rotatable bonds is 4. The molecule has 2 unspecified atom stereocenters. The maximum atomic E-state index is 5.94. The molecule has 12 heavy (non-hydrogen) atoms. The second kappa shape index (κ2) is 3.21. The summed E-state index contributed by atoms with van der Waals surface area (Å²) in [6, 6.07) is 0. The van der Waals surface area contributed by atoms with Crippen LogP contribution in [0.15, 0.2) is 12.2 Å². The van der Waals surface area contributed by atoms with Crippen LogP contribution >= 0.6 is 0 Å². The zero-order valence-electron chi connectivity index (χ0n) is 7.88. The Bertz CT molecular complexity index is 185. The van der Waals surface area contributed by atoms with Crippen LogP contribution in [-0.4, -0.2) is 12.2 Å². The average Bonchev–Trinajstić information content (AvgIpc) is 2.64. The van der Waals surface area contributed by atoms with Gasteiger partial charge in [-0.05, 0) is 31.6 Å². The molecule has 0 saturated heterocycles. The lowest BCUT2D eigenvalue weighted by Gasteiger charge is -2.23. The number of fused-ring (bicyclic) bond motifs is 2. The summed E-state index contributed by atoms with van der Waals surface area (Å²) < 4.78 is 5.94. The van der Waals surface area contributed by atoms with Crippen LogP contribution in [0, 0.1) is 5.92 Å². The van der Waals surface area contributed by atoms with Crippen LogP contribution in [0.3, 0.4) is 0 Å². The van der Waals surface area contributed by atoms with Gasteiger partial charge < -0.3 is 4.74 Å². The Labute approximate surface area is 74.8 Å². The maximum absolute atomic E-state index is 5.94. The van der Waals surface area contributed by atoms with E-state index in [-0.39, 0.29) is 5.60 Å². The highest BCUT2D eigenvalue weighted by Gasteiger charge is 2.41. The molecule has 2 atom stereocenters. The highest BCUT2D eigenvalue weighted by molar-refractivity contribution is 5.18. The molecule has 0 aromatic rings. The summed E-state index contributed by atoms with van der Waals surface area (Å²) in [5, 5.41) is 0. The molecule has 0 aromatic carbocycles. The average molecular weight is 166 g/mol. The first kappa shape index (κ1) is 8.31. The molecule has 1 fully saturated rings. The Morgan fingerprint density at radius 1 is 1.58 bits per heavy atom. The molecular weight excluding hydrogens is 148 g/mol. The molecule has 1 saturated carbocycles. The van der Waals surface area contributed by atoms with E-state index in [4.69, 9.17) is 4.74 Å². The van der Waals surface area contributed by atoms with Crippen LogP contribution in [0.2, 0.25) is 0 Å². The van der Waals surface area contributed by atoms with Gasteiger partial charge in [0.25, 0.3) is 0 Å². The van der Waals surface area contributed by atoms with Crippen LogP contribution in [0.5, 0.6) is 0 Å². The van der Waals surface area contributed by atoms with Crippen LogP contribution in [-0.2, 0) is 4.74 Å². The van der Waals surface area contributed by atoms with Gasteiger partial charge in [-0.25, -0.2) is 0 Å². The number of allylic oxidation sites excluding steroid dienone is 1. The Balaban J connectivity index is 1.83. The van der Waals surface area contributed by atoms with Gasteiger partial charge >= 0.3 is 0 Å². The van der Waals surface area contributed by atoms with Gasteiger partial charge in [0.05, 0.1) is 5.60 Å². The standard InChI is InChI=1S/C11H18O/c1-2-3-8-12-11-6-4-10(9-11)5-7-11/h4,6,10H,2-3,5,7-9H2,1H3. The lowest BCUT2D eigenvalue weighted by atomic mass is 10.0. The summed E-state index contributed by atoms with van der Waals surface area (Å²) >= 11 is 0. The first-order valence-electron chi connectivity index (χ1n) is 5.18. The lowest BCUT2D eigenvalue weighted by molar-refractivity contribution is -0.00219. The topological polar surface area (TPSA) is 9.23 Å². The predicted octanol–water partition coefficient (Wildman–Crippen LogP) is 2.91. The molecule has 2 aliphatic carbocycles. The SMILES string of the molecule is CCCCOC12C=CC(CC1)C2. The van der Waals surface area contributed by atoms with Crippen molar-refractivity contribution in [1.29, 1.82) is 0 Å². The molecule has 0 heterocycles. The largest absolute Gasteiger partial charge is 0.371 e. The van der Waals surface area contributed by atoms with Crippen LogP contribution in [0.4, 0.5) is 0 Å². The first-order valence-corrected chi connectivity index (χ1v) is 5.18. The number of unbranched alkanes of at least 4 members (excludes halogenated alkanes) is 1. The highest BCUT2D eigenvalue weighted by Crippen LogP contribution is 2.44. The van der Waals surface area contributed by atoms with Crippen LogP contribution in [0.1, 0.15) is 39.0 Å². The van der Waals surface area contributed by atoms with E-state index in [2.05, 4.69) is 19.1 Å². The molecule has 0 radical (unpaired) electrons. The molecule has 1 nitrogen and oxygen atoms in total. The summed E-state index contributed by atoms with van der Waals surface area (Å²) in [7, 11) is 0. The third-order valence-electron chi connectivity index (χ3n) is 3.11. The van der Waals surface area contributed by atoms with Gasteiger partial charge in [-0.2, -0.15) is 0 Å². The van der Waals surface area contributed by atoms with Crippen molar-refractivity contribution in [2.75, 3.05) is 6.61 Å². The zero-order chi connectivity index (χ0) is 8.44. The van der Waals surface area contributed by atoms with E-state index < -0.39 is 0 Å². The molecule has 0 spiro atoms. The predicted molar refractivity (Wildman–Crippen MR) is 50.1 cm³/mol. The molecule has 2 rings (SSSR count). The van der Waals surface area contributed by atoms with Crippen molar-refractivity contribution in [2.24, 2.45) is 5.92 Å². The summed E-state index contributed by atoms with van der Waals surface area (Å²) in [6.07, 6.45) is 11.0. The van der Waals surface area contributed by atoms with Crippen molar-refractivity contribution in [3.63, 3.8) is 0 Å². The van der Waals surface area contributed by atoms with E-state index in [9.17, 15) is 0 Å². The Morgan fingerprint density at radius 3 is 3.00 bits per heavy atom. The van der Waals surface area contributed by atoms with Gasteiger partial charge in [-0.15, -0.1) is 0 Å². The lowest BCUT2D eigenvalue weighted by Crippen LogP contribution is -2.25. The third kappa shape index (κ3) is 1.42. The minimum atomic E-state index is 0.180. The van der Waals surface area contributed by atoms with E-state index in [1.54, 1.807) is 0 Å². The summed E-state index contributed by atoms with van der Waals surface area (Å²) in [5.74, 6) is 0.839. The van der Waals surface area contributed by atoms with Crippen molar-refractivity contribution in [2.45, 2.75) is 44.6 Å². The molecule has 1 heteroatoms. The molecule has 68 valence electrons. The molecule has 2 bridgehead atoms. The summed E-state index contributed by atoms with van der Waals surface area (Å²) in [4.78, 5) is 0. The number of ether oxygens (including phenoxy) is 1. The summed E-state index contributed by atoms with van der Waals surface area (Å²) in [6.45, 7) is 3.16. The Hall–Kier alpha value is -0.300. The quantitative estimate of drug-likeness (QED) is 0.461. The van der Waals surface area contributed by atoms with Crippen LogP contribution < -0.4 is 0 Å².